The van der Waals surface area contributed by atoms with Crippen molar-refractivity contribution in [2.75, 3.05) is 0 Å². The maximum atomic E-state index is 13.4. The van der Waals surface area contributed by atoms with Gasteiger partial charge in [0.2, 0.25) is 0 Å². The first-order valence-electron chi connectivity index (χ1n) is 5.80. The summed E-state index contributed by atoms with van der Waals surface area (Å²) in [6.45, 7) is 2.56. The fourth-order valence-corrected chi connectivity index (χ4v) is 1.57. The first-order chi connectivity index (χ1) is 9.11. The van der Waals surface area contributed by atoms with E-state index >= 15 is 0 Å². The molecule has 1 aromatic carbocycles. The minimum atomic E-state index is -0.962. The van der Waals surface area contributed by atoms with E-state index in [-0.39, 0.29) is 11.3 Å². The summed E-state index contributed by atoms with van der Waals surface area (Å²) in [5.41, 5.74) is 0.450. The van der Waals surface area contributed by atoms with Gasteiger partial charge in [0.15, 0.2) is 17.4 Å². The van der Waals surface area contributed by atoms with Gasteiger partial charge in [0.1, 0.15) is 0 Å². The molecular formula is C14H12F2N2O. The summed E-state index contributed by atoms with van der Waals surface area (Å²) in [5, 5.41) is 3.97. The lowest BCUT2D eigenvalue weighted by Gasteiger charge is -1.97. The van der Waals surface area contributed by atoms with Crippen molar-refractivity contribution in [2.24, 2.45) is 0 Å². The van der Waals surface area contributed by atoms with Crippen LogP contribution in [0.25, 0.3) is 6.08 Å². The Morgan fingerprint density at radius 2 is 2.21 bits per heavy atom. The summed E-state index contributed by atoms with van der Waals surface area (Å²) < 4.78 is 27.9. The molecular weight excluding hydrogens is 250 g/mol. The van der Waals surface area contributed by atoms with Gasteiger partial charge in [-0.3, -0.25) is 9.48 Å². The highest BCUT2D eigenvalue weighted by molar-refractivity contribution is 6.06. The second-order valence-electron chi connectivity index (χ2n) is 3.93. The van der Waals surface area contributed by atoms with Gasteiger partial charge in [-0.25, -0.2) is 8.78 Å². The van der Waals surface area contributed by atoms with E-state index in [0.717, 1.165) is 6.07 Å². The van der Waals surface area contributed by atoms with E-state index in [1.165, 1.54) is 30.5 Å². The third kappa shape index (κ3) is 2.93. The Balaban J connectivity index is 2.18. The van der Waals surface area contributed by atoms with E-state index in [1.54, 1.807) is 10.9 Å². The second kappa shape index (κ2) is 5.56. The average Bonchev–Trinajstić information content (AvgIpc) is 2.89. The standard InChI is InChI=1S/C14H12F2N2O/c1-2-18-9-11(8-17-18)13(19)7-6-10-4-3-5-12(15)14(10)16/h3-9H,2H2,1H3/b7-6+. The molecule has 1 heterocycles. The van der Waals surface area contributed by atoms with Crippen LogP contribution in [-0.4, -0.2) is 15.6 Å². The number of aromatic nitrogens is 2. The zero-order valence-electron chi connectivity index (χ0n) is 10.3. The Morgan fingerprint density at radius 1 is 1.42 bits per heavy atom. The largest absolute Gasteiger partial charge is 0.289 e. The van der Waals surface area contributed by atoms with Crippen LogP contribution in [0.4, 0.5) is 8.78 Å². The molecule has 0 saturated carbocycles. The summed E-state index contributed by atoms with van der Waals surface area (Å²) in [4.78, 5) is 11.8. The molecule has 2 rings (SSSR count). The van der Waals surface area contributed by atoms with Crippen LogP contribution in [0.5, 0.6) is 0 Å². The summed E-state index contributed by atoms with van der Waals surface area (Å²) in [6.07, 6.45) is 5.51. The molecule has 0 spiro atoms. The Morgan fingerprint density at radius 3 is 2.89 bits per heavy atom. The first kappa shape index (κ1) is 13.1. The van der Waals surface area contributed by atoms with Crippen molar-refractivity contribution < 1.29 is 13.6 Å². The Labute approximate surface area is 109 Å². The van der Waals surface area contributed by atoms with Gasteiger partial charge in [0.05, 0.1) is 11.8 Å². The third-order valence-electron chi connectivity index (χ3n) is 2.64. The Bertz CT molecular complexity index is 632. The van der Waals surface area contributed by atoms with Gasteiger partial charge < -0.3 is 0 Å². The minimum absolute atomic E-state index is 0.0382. The number of carbonyl (C=O) groups excluding carboxylic acids is 1. The number of carbonyl (C=O) groups is 1. The van der Waals surface area contributed by atoms with E-state index in [4.69, 9.17) is 0 Å². The van der Waals surface area contributed by atoms with E-state index in [0.29, 0.717) is 12.1 Å². The summed E-state index contributed by atoms with van der Waals surface area (Å²) >= 11 is 0. The third-order valence-corrected chi connectivity index (χ3v) is 2.64. The van der Waals surface area contributed by atoms with Crippen molar-refractivity contribution in [1.29, 1.82) is 0 Å². The number of halogens is 2. The highest BCUT2D eigenvalue weighted by Gasteiger charge is 2.07. The fraction of sp³-hybridized carbons (Fsp3) is 0.143. The molecule has 0 radical (unpaired) electrons. The van der Waals surface area contributed by atoms with Gasteiger partial charge in [-0.1, -0.05) is 12.1 Å². The topological polar surface area (TPSA) is 34.9 Å². The molecule has 0 saturated heterocycles. The zero-order valence-corrected chi connectivity index (χ0v) is 10.3. The van der Waals surface area contributed by atoms with E-state index in [2.05, 4.69) is 5.10 Å². The van der Waals surface area contributed by atoms with Crippen LogP contribution >= 0.6 is 0 Å². The van der Waals surface area contributed by atoms with Gasteiger partial charge in [-0.05, 0) is 25.1 Å². The molecule has 2 aromatic rings. The van der Waals surface area contributed by atoms with Crippen molar-refractivity contribution in [1.82, 2.24) is 9.78 Å². The van der Waals surface area contributed by atoms with Gasteiger partial charge in [-0.2, -0.15) is 5.10 Å². The predicted molar refractivity (Wildman–Crippen MR) is 67.6 cm³/mol. The summed E-state index contributed by atoms with van der Waals surface area (Å²) in [6, 6.07) is 3.81. The van der Waals surface area contributed by atoms with Gasteiger partial charge in [0, 0.05) is 18.3 Å². The number of aryl methyl sites for hydroxylation is 1. The smallest absolute Gasteiger partial charge is 0.189 e. The molecule has 0 aliphatic heterocycles. The van der Waals surface area contributed by atoms with Crippen molar-refractivity contribution in [3.8, 4) is 0 Å². The van der Waals surface area contributed by atoms with Crippen LogP contribution in [0.2, 0.25) is 0 Å². The molecule has 0 amide bonds. The van der Waals surface area contributed by atoms with Crippen LogP contribution in [0.3, 0.4) is 0 Å². The molecule has 0 fully saturated rings. The van der Waals surface area contributed by atoms with Crippen LogP contribution < -0.4 is 0 Å². The monoisotopic (exact) mass is 262 g/mol. The molecule has 0 aliphatic carbocycles. The molecule has 19 heavy (non-hydrogen) atoms. The van der Waals surface area contributed by atoms with Gasteiger partial charge >= 0.3 is 0 Å². The van der Waals surface area contributed by atoms with Crippen molar-refractivity contribution in [3.05, 3.63) is 59.4 Å². The number of nitrogens with zero attached hydrogens (tertiary/aromatic N) is 2. The quantitative estimate of drug-likeness (QED) is 0.627. The van der Waals surface area contributed by atoms with Crippen LogP contribution in [0.1, 0.15) is 22.8 Å². The molecule has 5 heteroatoms. The highest BCUT2D eigenvalue weighted by atomic mass is 19.2. The highest BCUT2D eigenvalue weighted by Crippen LogP contribution is 2.13. The van der Waals surface area contributed by atoms with Crippen LogP contribution in [0, 0.1) is 11.6 Å². The molecule has 0 atom stereocenters. The molecule has 0 unspecified atom stereocenters. The molecule has 0 aliphatic rings. The fourth-order valence-electron chi connectivity index (χ4n) is 1.57. The van der Waals surface area contributed by atoms with Crippen molar-refractivity contribution in [2.45, 2.75) is 13.5 Å². The number of benzene rings is 1. The van der Waals surface area contributed by atoms with Crippen LogP contribution in [-0.2, 0) is 6.54 Å². The lowest BCUT2D eigenvalue weighted by atomic mass is 10.1. The number of rotatable bonds is 4. The molecule has 3 nitrogen and oxygen atoms in total. The molecule has 1 aromatic heterocycles. The van der Waals surface area contributed by atoms with E-state index in [9.17, 15) is 13.6 Å². The summed E-state index contributed by atoms with van der Waals surface area (Å²) in [5.74, 6) is -2.20. The van der Waals surface area contributed by atoms with Gasteiger partial charge in [0.25, 0.3) is 0 Å². The van der Waals surface area contributed by atoms with Gasteiger partial charge in [-0.15, -0.1) is 0 Å². The maximum Gasteiger partial charge on any atom is 0.189 e. The number of allylic oxidation sites excluding steroid dienone is 1. The van der Waals surface area contributed by atoms with Crippen molar-refractivity contribution >= 4 is 11.9 Å². The molecule has 0 bridgehead atoms. The molecule has 0 N–H and O–H groups in total. The average molecular weight is 262 g/mol. The van der Waals surface area contributed by atoms with E-state index < -0.39 is 11.6 Å². The number of ketones is 1. The predicted octanol–water partition coefficient (Wildman–Crippen LogP) is 3.08. The SMILES string of the molecule is CCn1cc(C(=O)/C=C/c2cccc(F)c2F)cn1. The number of hydrogen-bond donors (Lipinski definition) is 0. The lowest BCUT2D eigenvalue weighted by Crippen LogP contribution is -1.95. The van der Waals surface area contributed by atoms with Crippen molar-refractivity contribution in [3.63, 3.8) is 0 Å². The lowest BCUT2D eigenvalue weighted by molar-refractivity contribution is 0.104. The van der Waals surface area contributed by atoms with E-state index in [1.807, 2.05) is 6.92 Å². The Hall–Kier alpha value is -2.30. The van der Waals surface area contributed by atoms with Crippen LogP contribution in [0.15, 0.2) is 36.7 Å². The number of hydrogen-bond acceptors (Lipinski definition) is 2. The maximum absolute atomic E-state index is 13.4. The minimum Gasteiger partial charge on any atom is -0.289 e. The summed E-state index contributed by atoms with van der Waals surface area (Å²) in [7, 11) is 0. The Kier molecular flexibility index (Phi) is 3.85. The molecule has 98 valence electrons. The second-order valence-corrected chi connectivity index (χ2v) is 3.93. The first-order valence-corrected chi connectivity index (χ1v) is 5.80. The normalized spacial score (nSPS) is 11.1. The zero-order chi connectivity index (χ0) is 13.8.